The second-order valence-electron chi connectivity index (χ2n) is 7.00. The van der Waals surface area contributed by atoms with Crippen LogP contribution in [0.25, 0.3) is 0 Å². The Morgan fingerprint density at radius 1 is 0.778 bits per heavy atom. The van der Waals surface area contributed by atoms with Gasteiger partial charge in [-0.2, -0.15) is 0 Å². The third kappa shape index (κ3) is 6.34. The normalized spacial score (nSPS) is 16.7. The molecule has 27 heavy (non-hydrogen) atoms. The number of carbonyl (C=O) groups is 3. The number of hydrogen-bond acceptors (Lipinski definition) is 3. The van der Waals surface area contributed by atoms with Gasteiger partial charge in [0.15, 0.2) is 18.1 Å². The first-order valence-electron chi connectivity index (χ1n) is 9.90. The maximum atomic E-state index is 12.0. The molecule has 3 N–H and O–H groups in total. The molecule has 7 heteroatoms. The first-order valence-corrected chi connectivity index (χ1v) is 9.90. The molecule has 0 radical (unpaired) electrons. The van der Waals surface area contributed by atoms with Crippen molar-refractivity contribution in [3.8, 4) is 0 Å². The van der Waals surface area contributed by atoms with E-state index in [1.165, 1.54) is 0 Å². The molecular formula is C20H36NO6+. The molecule has 3 unspecified atom stereocenters. The summed E-state index contributed by atoms with van der Waals surface area (Å²) in [4.78, 5) is 36.1. The molecule has 0 amide bonds. The number of carboxylic acid groups (broad SMARTS) is 3. The van der Waals surface area contributed by atoms with E-state index in [4.69, 9.17) is 0 Å². The number of hydrogen-bond donors (Lipinski definition) is 3. The minimum atomic E-state index is -1.14. The number of nitrogens with zero attached hydrogens (tertiary/aromatic N) is 1. The maximum absolute atomic E-state index is 12.0. The van der Waals surface area contributed by atoms with Crippen molar-refractivity contribution in [3.63, 3.8) is 0 Å². The van der Waals surface area contributed by atoms with Crippen molar-refractivity contribution in [2.45, 2.75) is 90.3 Å². The summed E-state index contributed by atoms with van der Waals surface area (Å²) in [5.41, 5.74) is 0. The summed E-state index contributed by atoms with van der Waals surface area (Å²) < 4.78 is -0.426. The highest BCUT2D eigenvalue weighted by atomic mass is 16.4. The average Bonchev–Trinajstić information content (AvgIpc) is 2.58. The molecule has 0 rings (SSSR count). The van der Waals surface area contributed by atoms with E-state index in [0.717, 1.165) is 25.7 Å². The summed E-state index contributed by atoms with van der Waals surface area (Å²) in [6, 6.07) is -3.21. The second kappa shape index (κ2) is 12.5. The second-order valence-corrected chi connectivity index (χ2v) is 7.00. The maximum Gasteiger partial charge on any atom is 0.362 e. The lowest BCUT2D eigenvalue weighted by Gasteiger charge is -2.49. The third-order valence-electron chi connectivity index (χ3n) is 5.46. The van der Waals surface area contributed by atoms with Crippen molar-refractivity contribution in [1.82, 2.24) is 0 Å². The lowest BCUT2D eigenvalue weighted by Crippen LogP contribution is -2.72. The molecule has 0 spiro atoms. The number of quaternary nitrogens is 1. The lowest BCUT2D eigenvalue weighted by atomic mass is 9.94. The molecular weight excluding hydrogens is 350 g/mol. The van der Waals surface area contributed by atoms with E-state index in [1.54, 1.807) is 20.8 Å². The van der Waals surface area contributed by atoms with Crippen LogP contribution in [0.15, 0.2) is 12.7 Å². The van der Waals surface area contributed by atoms with Gasteiger partial charge in [-0.3, -0.25) is 4.48 Å². The average molecular weight is 387 g/mol. The van der Waals surface area contributed by atoms with Gasteiger partial charge in [0.1, 0.15) is 0 Å². The van der Waals surface area contributed by atoms with Gasteiger partial charge in [-0.05, 0) is 25.7 Å². The molecule has 0 aliphatic rings. The molecule has 0 fully saturated rings. The zero-order valence-electron chi connectivity index (χ0n) is 16.9. The van der Waals surface area contributed by atoms with Crippen LogP contribution in [0, 0.1) is 0 Å². The predicted molar refractivity (Wildman–Crippen MR) is 104 cm³/mol. The Morgan fingerprint density at radius 3 is 1.44 bits per heavy atom. The molecule has 0 aromatic carbocycles. The van der Waals surface area contributed by atoms with Crippen LogP contribution in [0.4, 0.5) is 0 Å². The van der Waals surface area contributed by atoms with Gasteiger partial charge in [0, 0.05) is 19.3 Å². The molecule has 3 atom stereocenters. The number of carboxylic acids is 3. The predicted octanol–water partition coefficient (Wildman–Crippen LogP) is 3.53. The molecule has 0 aliphatic carbocycles. The summed E-state index contributed by atoms with van der Waals surface area (Å²) in [7, 11) is 0. The topological polar surface area (TPSA) is 112 Å². The van der Waals surface area contributed by atoms with E-state index < -0.39 is 40.5 Å². The van der Waals surface area contributed by atoms with Crippen molar-refractivity contribution >= 4 is 17.9 Å². The summed E-state index contributed by atoms with van der Waals surface area (Å²) in [6.07, 6.45) is 6.55. The van der Waals surface area contributed by atoms with Crippen LogP contribution in [0.5, 0.6) is 0 Å². The zero-order valence-corrected chi connectivity index (χ0v) is 16.9. The highest BCUT2D eigenvalue weighted by Crippen LogP contribution is 2.32. The molecule has 0 aromatic heterocycles. The van der Waals surface area contributed by atoms with Crippen molar-refractivity contribution in [3.05, 3.63) is 12.7 Å². The van der Waals surface area contributed by atoms with Crippen molar-refractivity contribution in [2.75, 3.05) is 6.54 Å². The van der Waals surface area contributed by atoms with Gasteiger partial charge in [-0.15, -0.1) is 6.58 Å². The van der Waals surface area contributed by atoms with Gasteiger partial charge < -0.3 is 15.3 Å². The number of allylic oxidation sites excluding steroid dienone is 1. The summed E-state index contributed by atoms with van der Waals surface area (Å²) in [5, 5.41) is 29.5. The van der Waals surface area contributed by atoms with Gasteiger partial charge in [0.2, 0.25) is 0 Å². The fourth-order valence-corrected chi connectivity index (χ4v) is 4.31. The van der Waals surface area contributed by atoms with E-state index in [-0.39, 0.29) is 25.8 Å². The molecule has 0 bridgehead atoms. The largest absolute Gasteiger partial charge is 0.477 e. The number of aliphatic carboxylic acids is 3. The lowest BCUT2D eigenvalue weighted by molar-refractivity contribution is -0.973. The van der Waals surface area contributed by atoms with Gasteiger partial charge in [-0.25, -0.2) is 14.4 Å². The van der Waals surface area contributed by atoms with Gasteiger partial charge >= 0.3 is 17.9 Å². The number of unbranched alkanes of at least 4 members (excludes halogenated alkanes) is 4. The standard InChI is InChI=1S/C20H35NO6/c1-5-9-10-11-12-13-14-21(15(6-2)18(22)23,16(7-3)19(24)25)17(8-4)20(26)27/h5,15-17H,1,6-14H2,2-4H3,(H2-,22,23,24,25,26,27)/p+1. The van der Waals surface area contributed by atoms with E-state index in [0.29, 0.717) is 6.42 Å². The van der Waals surface area contributed by atoms with Gasteiger partial charge in [-0.1, -0.05) is 33.3 Å². The van der Waals surface area contributed by atoms with Gasteiger partial charge in [0.25, 0.3) is 0 Å². The van der Waals surface area contributed by atoms with Crippen molar-refractivity contribution < 1.29 is 34.2 Å². The fourth-order valence-electron chi connectivity index (χ4n) is 4.31. The molecule has 0 aliphatic heterocycles. The number of rotatable bonds is 16. The summed E-state index contributed by atoms with van der Waals surface area (Å²) in [5.74, 6) is -3.41. The Labute approximate surface area is 162 Å². The zero-order chi connectivity index (χ0) is 21.0. The van der Waals surface area contributed by atoms with E-state index in [1.807, 2.05) is 6.08 Å². The minimum Gasteiger partial charge on any atom is -0.477 e. The van der Waals surface area contributed by atoms with E-state index >= 15 is 0 Å². The Hall–Kier alpha value is -1.89. The van der Waals surface area contributed by atoms with Crippen LogP contribution in [0.2, 0.25) is 0 Å². The van der Waals surface area contributed by atoms with Crippen LogP contribution in [0.1, 0.15) is 72.1 Å². The van der Waals surface area contributed by atoms with Crippen LogP contribution in [0.3, 0.4) is 0 Å². The van der Waals surface area contributed by atoms with Crippen LogP contribution in [-0.2, 0) is 14.4 Å². The first-order chi connectivity index (χ1) is 12.7. The fraction of sp³-hybridized carbons (Fsp3) is 0.750. The smallest absolute Gasteiger partial charge is 0.362 e. The van der Waals surface area contributed by atoms with Gasteiger partial charge in [0.05, 0.1) is 6.54 Å². The minimum absolute atomic E-state index is 0.180. The van der Waals surface area contributed by atoms with Crippen LogP contribution >= 0.6 is 0 Å². The summed E-state index contributed by atoms with van der Waals surface area (Å²) >= 11 is 0. The molecule has 7 nitrogen and oxygen atoms in total. The monoisotopic (exact) mass is 386 g/mol. The third-order valence-corrected chi connectivity index (χ3v) is 5.46. The molecule has 0 aromatic rings. The highest BCUT2D eigenvalue weighted by molar-refractivity contribution is 5.78. The van der Waals surface area contributed by atoms with Crippen LogP contribution in [-0.4, -0.2) is 62.4 Å². The summed E-state index contributed by atoms with van der Waals surface area (Å²) in [6.45, 7) is 8.95. The highest BCUT2D eigenvalue weighted by Gasteiger charge is 2.55. The molecule has 0 heterocycles. The SMILES string of the molecule is C=CCCCCCC[N+](C(CC)C(=O)O)(C(CC)C(=O)O)C(CC)C(=O)O. The molecule has 156 valence electrons. The Balaban J connectivity index is 6.05. The molecule has 0 saturated heterocycles. The van der Waals surface area contributed by atoms with E-state index in [2.05, 4.69) is 6.58 Å². The molecule has 0 saturated carbocycles. The van der Waals surface area contributed by atoms with Crippen LogP contribution < -0.4 is 0 Å². The Bertz CT molecular complexity index is 450. The first kappa shape index (κ1) is 25.1. The Kier molecular flexibility index (Phi) is 11.6. The van der Waals surface area contributed by atoms with E-state index in [9.17, 15) is 29.7 Å². The van der Waals surface area contributed by atoms with Crippen molar-refractivity contribution in [1.29, 1.82) is 0 Å². The quantitative estimate of drug-likeness (QED) is 0.212. The Morgan fingerprint density at radius 2 is 1.15 bits per heavy atom. The van der Waals surface area contributed by atoms with Crippen molar-refractivity contribution in [2.24, 2.45) is 0 Å².